The van der Waals surface area contributed by atoms with E-state index in [1.54, 1.807) is 0 Å². The van der Waals surface area contributed by atoms with E-state index in [4.69, 9.17) is 0 Å². The zero-order valence-corrected chi connectivity index (χ0v) is 7.46. The van der Waals surface area contributed by atoms with Crippen molar-refractivity contribution < 1.29 is 14.3 Å². The van der Waals surface area contributed by atoms with Gasteiger partial charge >= 0.3 is 0 Å². The van der Waals surface area contributed by atoms with E-state index in [0.29, 0.717) is 18.5 Å². The van der Waals surface area contributed by atoms with Crippen LogP contribution in [0.5, 0.6) is 0 Å². The van der Waals surface area contributed by atoms with Crippen LogP contribution in [0.15, 0.2) is 24.3 Å². The summed E-state index contributed by atoms with van der Waals surface area (Å²) in [6.07, 6.45) is 1.00. The Morgan fingerprint density at radius 3 is 2.43 bits per heavy atom. The van der Waals surface area contributed by atoms with Crippen molar-refractivity contribution in [1.29, 1.82) is 0 Å². The molecule has 1 aliphatic rings. The molecule has 0 bridgehead atoms. The minimum Gasteiger partial charge on any atom is -0.380 e. The minimum atomic E-state index is -1.19. The largest absolute Gasteiger partial charge is 0.380 e. The van der Waals surface area contributed by atoms with Crippen molar-refractivity contribution in [2.24, 2.45) is 0 Å². The molecule has 0 heterocycles. The summed E-state index contributed by atoms with van der Waals surface area (Å²) in [7, 11) is 0. The van der Waals surface area contributed by atoms with E-state index in [1.807, 2.05) is 0 Å². The molecule has 0 radical (unpaired) electrons. The molecule has 1 fully saturated rings. The molecule has 2 N–H and O–H groups in total. The van der Waals surface area contributed by atoms with Gasteiger partial charge in [0.05, 0.1) is 0 Å². The third kappa shape index (κ3) is 1.75. The van der Waals surface area contributed by atoms with Crippen molar-refractivity contribution in [3.8, 4) is 0 Å². The molecule has 4 heteroatoms. The van der Waals surface area contributed by atoms with Gasteiger partial charge in [-0.25, -0.2) is 4.39 Å². The molecule has 74 valence electrons. The Bertz CT molecular complexity index is 357. The van der Waals surface area contributed by atoms with E-state index in [-0.39, 0.29) is 5.82 Å². The number of hydrogen-bond donors (Lipinski definition) is 2. The van der Waals surface area contributed by atoms with Crippen molar-refractivity contribution in [3.05, 3.63) is 30.1 Å². The molecule has 3 nitrogen and oxygen atoms in total. The van der Waals surface area contributed by atoms with Crippen molar-refractivity contribution >= 4 is 11.6 Å². The molecule has 1 aromatic rings. The first-order chi connectivity index (χ1) is 6.60. The van der Waals surface area contributed by atoms with Crippen molar-refractivity contribution in [2.75, 3.05) is 5.32 Å². The maximum atomic E-state index is 12.5. The molecule has 0 unspecified atom stereocenters. The fraction of sp³-hybridized carbons (Fsp3) is 0.300. The Hall–Kier alpha value is -1.42. The molecule has 1 aliphatic carbocycles. The molecule has 14 heavy (non-hydrogen) atoms. The van der Waals surface area contributed by atoms with Crippen LogP contribution in [0.1, 0.15) is 12.8 Å². The number of hydrogen-bond acceptors (Lipinski definition) is 2. The molecule has 0 aromatic heterocycles. The van der Waals surface area contributed by atoms with Gasteiger partial charge < -0.3 is 10.4 Å². The number of nitrogens with one attached hydrogen (secondary N) is 1. The van der Waals surface area contributed by atoms with Gasteiger partial charge in [-0.05, 0) is 37.1 Å². The Balaban J connectivity index is 2.04. The summed E-state index contributed by atoms with van der Waals surface area (Å²) in [4.78, 5) is 11.3. The molecule has 0 saturated heterocycles. The topological polar surface area (TPSA) is 49.3 Å². The Morgan fingerprint density at radius 1 is 1.36 bits per heavy atom. The van der Waals surface area contributed by atoms with Gasteiger partial charge in [-0.2, -0.15) is 0 Å². The van der Waals surface area contributed by atoms with Crippen molar-refractivity contribution in [2.45, 2.75) is 18.4 Å². The number of rotatable bonds is 2. The van der Waals surface area contributed by atoms with Gasteiger partial charge in [-0.3, -0.25) is 4.79 Å². The number of halogens is 1. The molecular formula is C10H10FNO2. The lowest BCUT2D eigenvalue weighted by molar-refractivity contribution is -0.125. The number of aliphatic hydroxyl groups is 1. The lowest BCUT2D eigenvalue weighted by Gasteiger charge is -2.08. The van der Waals surface area contributed by atoms with E-state index in [0.717, 1.165) is 0 Å². The second kappa shape index (κ2) is 3.06. The zero-order valence-electron chi connectivity index (χ0n) is 7.46. The van der Waals surface area contributed by atoms with Gasteiger partial charge in [0.2, 0.25) is 0 Å². The minimum absolute atomic E-state index is 0.354. The summed E-state index contributed by atoms with van der Waals surface area (Å²) in [6.45, 7) is 0. The van der Waals surface area contributed by atoms with Crippen molar-refractivity contribution in [1.82, 2.24) is 0 Å². The summed E-state index contributed by atoms with van der Waals surface area (Å²) in [6, 6.07) is 5.43. The van der Waals surface area contributed by atoms with Crippen LogP contribution in [0.2, 0.25) is 0 Å². The molecule has 0 atom stereocenters. The van der Waals surface area contributed by atoms with E-state index in [9.17, 15) is 14.3 Å². The number of amides is 1. The molecule has 1 amide bonds. The predicted molar refractivity (Wildman–Crippen MR) is 49.2 cm³/mol. The van der Waals surface area contributed by atoms with Crippen LogP contribution in [0.3, 0.4) is 0 Å². The summed E-state index contributed by atoms with van der Waals surface area (Å²) in [5.74, 6) is -0.766. The highest BCUT2D eigenvalue weighted by Gasteiger charge is 2.48. The highest BCUT2D eigenvalue weighted by molar-refractivity contribution is 5.99. The standard InChI is InChI=1S/C10H10FNO2/c11-7-1-3-8(4-2-7)12-9(13)10(14)5-6-10/h1-4,14H,5-6H2,(H,12,13). The molecule has 1 aromatic carbocycles. The predicted octanol–water partition coefficient (Wildman–Crippen LogP) is 1.29. The lowest BCUT2D eigenvalue weighted by Crippen LogP contribution is -2.29. The van der Waals surface area contributed by atoms with E-state index >= 15 is 0 Å². The average Bonchev–Trinajstić information content (AvgIpc) is 2.89. The molecule has 1 saturated carbocycles. The monoisotopic (exact) mass is 195 g/mol. The van der Waals surface area contributed by atoms with Gasteiger partial charge in [0, 0.05) is 5.69 Å². The van der Waals surface area contributed by atoms with Crippen molar-refractivity contribution in [3.63, 3.8) is 0 Å². The first-order valence-corrected chi connectivity index (χ1v) is 4.40. The van der Waals surface area contributed by atoms with Crippen LogP contribution in [0.25, 0.3) is 0 Å². The fourth-order valence-electron chi connectivity index (χ4n) is 1.13. The second-order valence-electron chi connectivity index (χ2n) is 3.49. The third-order valence-corrected chi connectivity index (χ3v) is 2.25. The third-order valence-electron chi connectivity index (χ3n) is 2.25. The van der Waals surface area contributed by atoms with Gasteiger partial charge in [0.25, 0.3) is 5.91 Å². The number of anilines is 1. The summed E-state index contributed by atoms with van der Waals surface area (Å²) >= 11 is 0. The van der Waals surface area contributed by atoms with Crippen LogP contribution in [-0.4, -0.2) is 16.6 Å². The summed E-state index contributed by atoms with van der Waals surface area (Å²) in [5, 5.41) is 11.9. The fourth-order valence-corrected chi connectivity index (χ4v) is 1.13. The van der Waals surface area contributed by atoms with Crippen LogP contribution in [0.4, 0.5) is 10.1 Å². The highest BCUT2D eigenvalue weighted by atomic mass is 19.1. The van der Waals surface area contributed by atoms with Crippen LogP contribution in [-0.2, 0) is 4.79 Å². The highest BCUT2D eigenvalue weighted by Crippen LogP contribution is 2.35. The lowest BCUT2D eigenvalue weighted by atomic mass is 10.2. The SMILES string of the molecule is O=C(Nc1ccc(F)cc1)C1(O)CC1. The molecule has 2 rings (SSSR count). The molecule has 0 spiro atoms. The Labute approximate surface area is 80.6 Å². The van der Waals surface area contributed by atoms with Crippen LogP contribution in [0, 0.1) is 5.82 Å². The van der Waals surface area contributed by atoms with Gasteiger partial charge in [0.15, 0.2) is 0 Å². The summed E-state index contributed by atoms with van der Waals surface area (Å²) < 4.78 is 12.5. The van der Waals surface area contributed by atoms with Gasteiger partial charge in [-0.15, -0.1) is 0 Å². The van der Waals surface area contributed by atoms with Crippen LogP contribution < -0.4 is 5.32 Å². The smallest absolute Gasteiger partial charge is 0.256 e. The Morgan fingerprint density at radius 2 is 1.93 bits per heavy atom. The first kappa shape index (κ1) is 9.15. The number of benzene rings is 1. The first-order valence-electron chi connectivity index (χ1n) is 4.40. The Kier molecular flexibility index (Phi) is 2.00. The van der Waals surface area contributed by atoms with E-state index < -0.39 is 11.5 Å². The van der Waals surface area contributed by atoms with Crippen LogP contribution >= 0.6 is 0 Å². The second-order valence-corrected chi connectivity index (χ2v) is 3.49. The normalized spacial score (nSPS) is 17.6. The van der Waals surface area contributed by atoms with Gasteiger partial charge in [-0.1, -0.05) is 0 Å². The molecule has 0 aliphatic heterocycles. The maximum absolute atomic E-state index is 12.5. The molecular weight excluding hydrogens is 185 g/mol. The summed E-state index contributed by atoms with van der Waals surface area (Å²) in [5.41, 5.74) is -0.689. The zero-order chi connectivity index (χ0) is 10.2. The quantitative estimate of drug-likeness (QED) is 0.747. The number of carbonyl (C=O) groups is 1. The van der Waals surface area contributed by atoms with Gasteiger partial charge in [0.1, 0.15) is 11.4 Å². The van der Waals surface area contributed by atoms with E-state index in [2.05, 4.69) is 5.32 Å². The average molecular weight is 195 g/mol. The maximum Gasteiger partial charge on any atom is 0.256 e. The number of carbonyl (C=O) groups excluding carboxylic acids is 1. The van der Waals surface area contributed by atoms with E-state index in [1.165, 1.54) is 24.3 Å².